The normalized spacial score (nSPS) is 24.0. The fraction of sp³-hybridized carbons (Fsp3) is 0.615. The molecule has 1 aromatic heterocycles. The Balaban J connectivity index is 1.30. The molecule has 1 aromatic rings. The van der Waals surface area contributed by atoms with Crippen LogP contribution in [0.2, 0.25) is 0 Å². The molecule has 1 saturated heterocycles. The SMILES string of the molecule is CN(C(=O)N1CC=C(C2=CCc3ncc(B4OC(C)(C)C(C)(C)O4)cc32)CC1)C1CCCC1. The molecule has 0 unspecified atom stereocenters. The number of carbonyl (C=O) groups is 1. The van der Waals surface area contributed by atoms with Crippen LogP contribution in [-0.2, 0) is 15.7 Å². The summed E-state index contributed by atoms with van der Waals surface area (Å²) in [5.41, 5.74) is 5.07. The molecule has 4 aliphatic rings. The average molecular weight is 449 g/mol. The first-order valence-electron chi connectivity index (χ1n) is 12.4. The van der Waals surface area contributed by atoms with Crippen molar-refractivity contribution in [1.29, 1.82) is 0 Å². The number of carbonyl (C=O) groups excluding carboxylic acids is 1. The highest BCUT2D eigenvalue weighted by atomic mass is 16.7. The number of urea groups is 1. The Morgan fingerprint density at radius 3 is 2.48 bits per heavy atom. The van der Waals surface area contributed by atoms with E-state index in [1.165, 1.54) is 29.6 Å². The number of pyridine rings is 1. The summed E-state index contributed by atoms with van der Waals surface area (Å²) >= 11 is 0. The lowest BCUT2D eigenvalue weighted by atomic mass is 9.78. The molecule has 0 atom stereocenters. The van der Waals surface area contributed by atoms with Crippen molar-refractivity contribution in [3.05, 3.63) is 41.2 Å². The summed E-state index contributed by atoms with van der Waals surface area (Å²) in [7, 11) is 1.56. The predicted octanol–water partition coefficient (Wildman–Crippen LogP) is 3.95. The number of amides is 2. The van der Waals surface area contributed by atoms with Gasteiger partial charge in [0, 0.05) is 49.8 Å². The predicted molar refractivity (Wildman–Crippen MR) is 131 cm³/mol. The molecule has 176 valence electrons. The lowest BCUT2D eigenvalue weighted by Gasteiger charge is -2.33. The topological polar surface area (TPSA) is 54.9 Å². The summed E-state index contributed by atoms with van der Waals surface area (Å²) in [6.45, 7) is 9.72. The van der Waals surface area contributed by atoms with Gasteiger partial charge in [-0.1, -0.05) is 31.1 Å². The minimum atomic E-state index is -0.408. The molecule has 2 aliphatic heterocycles. The van der Waals surface area contributed by atoms with E-state index in [4.69, 9.17) is 14.3 Å². The van der Waals surface area contributed by atoms with Gasteiger partial charge in [0.25, 0.3) is 0 Å². The molecule has 3 heterocycles. The van der Waals surface area contributed by atoms with Crippen LogP contribution >= 0.6 is 0 Å². The van der Waals surface area contributed by atoms with Crippen LogP contribution in [0.1, 0.15) is 71.1 Å². The lowest BCUT2D eigenvalue weighted by Crippen LogP contribution is -2.46. The number of aromatic nitrogens is 1. The van der Waals surface area contributed by atoms with Crippen molar-refractivity contribution in [2.45, 2.75) is 83.5 Å². The summed E-state index contributed by atoms with van der Waals surface area (Å²) in [5, 5.41) is 0. The summed E-state index contributed by atoms with van der Waals surface area (Å²) in [6, 6.07) is 2.77. The first kappa shape index (κ1) is 22.7. The molecule has 7 heteroatoms. The van der Waals surface area contributed by atoms with E-state index in [2.05, 4.69) is 45.9 Å². The molecule has 2 amide bonds. The van der Waals surface area contributed by atoms with Crippen molar-refractivity contribution in [2.24, 2.45) is 0 Å². The van der Waals surface area contributed by atoms with Gasteiger partial charge in [0.15, 0.2) is 0 Å². The minimum absolute atomic E-state index is 0.169. The summed E-state index contributed by atoms with van der Waals surface area (Å²) < 4.78 is 12.5. The van der Waals surface area contributed by atoms with E-state index in [9.17, 15) is 4.79 Å². The van der Waals surface area contributed by atoms with Crippen LogP contribution in [0.25, 0.3) is 5.57 Å². The molecule has 0 bridgehead atoms. The molecule has 0 spiro atoms. The van der Waals surface area contributed by atoms with Crippen LogP contribution in [0.3, 0.4) is 0 Å². The van der Waals surface area contributed by atoms with Crippen molar-refractivity contribution in [3.63, 3.8) is 0 Å². The molecular formula is C26H36BN3O3. The standard InChI is InChI=1S/C26H36BN3O3/c1-25(2)26(3,4)33-27(32-25)19-16-22-21(10-11-23(22)28-17-19)18-12-14-30(15-13-18)24(31)29(5)20-8-6-7-9-20/h10,12,16-17,20H,6-9,11,13-15H2,1-5H3. The molecule has 2 aliphatic carbocycles. The Morgan fingerprint density at radius 1 is 1.15 bits per heavy atom. The molecule has 0 N–H and O–H groups in total. The number of fused-ring (bicyclic) bond motifs is 1. The number of rotatable bonds is 3. The number of allylic oxidation sites excluding steroid dienone is 2. The molecule has 0 radical (unpaired) electrons. The molecule has 0 aromatic carbocycles. The van der Waals surface area contributed by atoms with Crippen LogP contribution in [0.4, 0.5) is 4.79 Å². The van der Waals surface area contributed by atoms with Crippen molar-refractivity contribution >= 4 is 24.2 Å². The second-order valence-corrected chi connectivity index (χ2v) is 10.9. The summed E-state index contributed by atoms with van der Waals surface area (Å²) in [5.74, 6) is 0. The Morgan fingerprint density at radius 2 is 1.85 bits per heavy atom. The van der Waals surface area contributed by atoms with Gasteiger partial charge < -0.3 is 19.1 Å². The fourth-order valence-electron chi connectivity index (χ4n) is 5.38. The third-order valence-corrected chi connectivity index (χ3v) is 8.31. The van der Waals surface area contributed by atoms with E-state index >= 15 is 0 Å². The third-order valence-electron chi connectivity index (χ3n) is 8.31. The number of nitrogens with zero attached hydrogens (tertiary/aromatic N) is 3. The van der Waals surface area contributed by atoms with Crippen molar-refractivity contribution in [2.75, 3.05) is 20.1 Å². The van der Waals surface area contributed by atoms with Crippen molar-refractivity contribution in [1.82, 2.24) is 14.8 Å². The highest BCUT2D eigenvalue weighted by Gasteiger charge is 2.52. The van der Waals surface area contributed by atoms with Gasteiger partial charge in [-0.05, 0) is 58.1 Å². The van der Waals surface area contributed by atoms with Gasteiger partial charge in [-0.25, -0.2) is 4.79 Å². The van der Waals surface area contributed by atoms with Gasteiger partial charge in [-0.2, -0.15) is 0 Å². The van der Waals surface area contributed by atoms with Crippen LogP contribution in [0.5, 0.6) is 0 Å². The second kappa shape index (κ2) is 8.28. The first-order valence-corrected chi connectivity index (χ1v) is 12.4. The quantitative estimate of drug-likeness (QED) is 0.656. The average Bonchev–Trinajstić information content (AvgIpc) is 3.51. The summed E-state index contributed by atoms with van der Waals surface area (Å²) in [6.07, 6.45) is 12.9. The lowest BCUT2D eigenvalue weighted by molar-refractivity contribution is 0.00578. The maximum Gasteiger partial charge on any atom is 0.496 e. The first-order chi connectivity index (χ1) is 15.7. The molecule has 5 rings (SSSR count). The van der Waals surface area contributed by atoms with E-state index in [0.717, 1.165) is 43.4 Å². The van der Waals surface area contributed by atoms with Gasteiger partial charge in [-0.15, -0.1) is 0 Å². The molecular weight excluding hydrogens is 413 g/mol. The van der Waals surface area contributed by atoms with E-state index in [1.807, 2.05) is 23.0 Å². The maximum absolute atomic E-state index is 13.0. The highest BCUT2D eigenvalue weighted by molar-refractivity contribution is 6.62. The van der Waals surface area contributed by atoms with Crippen LogP contribution in [-0.4, -0.2) is 65.3 Å². The zero-order valence-electron chi connectivity index (χ0n) is 20.7. The van der Waals surface area contributed by atoms with Gasteiger partial charge in [0.1, 0.15) is 0 Å². The maximum atomic E-state index is 13.0. The zero-order chi connectivity index (χ0) is 23.4. The fourth-order valence-corrected chi connectivity index (χ4v) is 5.38. The Kier molecular flexibility index (Phi) is 5.69. The Bertz CT molecular complexity index is 994. The molecule has 33 heavy (non-hydrogen) atoms. The van der Waals surface area contributed by atoms with Gasteiger partial charge in [0.05, 0.1) is 16.9 Å². The van der Waals surface area contributed by atoms with E-state index < -0.39 is 7.12 Å². The molecule has 6 nitrogen and oxygen atoms in total. The smallest absolute Gasteiger partial charge is 0.399 e. The Labute approximate surface area is 198 Å². The third kappa shape index (κ3) is 4.04. The van der Waals surface area contributed by atoms with Gasteiger partial charge in [-0.3, -0.25) is 4.98 Å². The highest BCUT2D eigenvalue weighted by Crippen LogP contribution is 2.38. The van der Waals surface area contributed by atoms with Crippen molar-refractivity contribution in [3.8, 4) is 0 Å². The second-order valence-electron chi connectivity index (χ2n) is 10.9. The monoisotopic (exact) mass is 449 g/mol. The Hall–Kier alpha value is -2.12. The van der Waals surface area contributed by atoms with Crippen LogP contribution in [0.15, 0.2) is 30.0 Å². The van der Waals surface area contributed by atoms with E-state index in [1.54, 1.807) is 0 Å². The minimum Gasteiger partial charge on any atom is -0.399 e. The van der Waals surface area contributed by atoms with E-state index in [-0.39, 0.29) is 17.2 Å². The zero-order valence-corrected chi connectivity index (χ0v) is 20.7. The van der Waals surface area contributed by atoms with E-state index in [0.29, 0.717) is 12.6 Å². The molecule has 2 fully saturated rings. The largest absolute Gasteiger partial charge is 0.496 e. The number of hydrogen-bond acceptors (Lipinski definition) is 4. The van der Waals surface area contributed by atoms with Crippen LogP contribution < -0.4 is 5.46 Å². The van der Waals surface area contributed by atoms with Gasteiger partial charge in [0.2, 0.25) is 0 Å². The van der Waals surface area contributed by atoms with Crippen molar-refractivity contribution < 1.29 is 14.1 Å². The summed E-state index contributed by atoms with van der Waals surface area (Å²) in [4.78, 5) is 21.7. The van der Waals surface area contributed by atoms with Gasteiger partial charge >= 0.3 is 13.1 Å². The number of hydrogen-bond donors (Lipinski definition) is 0. The molecule has 1 saturated carbocycles. The van der Waals surface area contributed by atoms with Crippen LogP contribution in [0, 0.1) is 0 Å².